The lowest BCUT2D eigenvalue weighted by molar-refractivity contribution is 0.0211. The minimum absolute atomic E-state index is 0.177. The van der Waals surface area contributed by atoms with Crippen LogP contribution in [0.5, 0.6) is 0 Å². The molecule has 0 bridgehead atoms. The van der Waals surface area contributed by atoms with Crippen LogP contribution in [0.4, 0.5) is 0 Å². The van der Waals surface area contributed by atoms with Crippen LogP contribution >= 0.6 is 0 Å². The van der Waals surface area contributed by atoms with Crippen LogP contribution in [0.25, 0.3) is 0 Å². The van der Waals surface area contributed by atoms with E-state index in [1.54, 1.807) is 10.9 Å². The Bertz CT molecular complexity index is 466. The van der Waals surface area contributed by atoms with Crippen LogP contribution in [0.15, 0.2) is 12.4 Å². The summed E-state index contributed by atoms with van der Waals surface area (Å²) in [4.78, 5) is 14.8. The lowest BCUT2D eigenvalue weighted by Crippen LogP contribution is -2.53. The maximum atomic E-state index is 12.7. The predicted molar refractivity (Wildman–Crippen MR) is 73.8 cm³/mol. The normalized spacial score (nSPS) is 31.1. The van der Waals surface area contributed by atoms with Crippen molar-refractivity contribution in [2.75, 3.05) is 6.54 Å². The lowest BCUT2D eigenvalue weighted by atomic mass is 9.73. The van der Waals surface area contributed by atoms with Crippen molar-refractivity contribution in [3.8, 4) is 0 Å². The molecule has 0 spiro atoms. The van der Waals surface area contributed by atoms with Gasteiger partial charge in [0.1, 0.15) is 0 Å². The number of amides is 1. The van der Waals surface area contributed by atoms with Gasteiger partial charge in [-0.1, -0.05) is 13.3 Å². The third-order valence-corrected chi connectivity index (χ3v) is 4.85. The molecular formula is C15H23N3O. The number of hydrogen-bond acceptors (Lipinski definition) is 2. The molecule has 0 unspecified atom stereocenters. The quantitative estimate of drug-likeness (QED) is 0.779. The highest BCUT2D eigenvalue weighted by Gasteiger charge is 2.39. The van der Waals surface area contributed by atoms with Crippen LogP contribution in [0.2, 0.25) is 0 Å². The van der Waals surface area contributed by atoms with Gasteiger partial charge in [0.05, 0.1) is 11.8 Å². The fraction of sp³-hybridized carbons (Fsp3) is 0.733. The van der Waals surface area contributed by atoms with E-state index < -0.39 is 0 Å². The number of likely N-dealkylation sites (tertiary alicyclic amines) is 1. The second-order valence-electron chi connectivity index (χ2n) is 6.20. The van der Waals surface area contributed by atoms with Crippen molar-refractivity contribution < 1.29 is 4.79 Å². The Balaban J connectivity index is 1.83. The minimum atomic E-state index is 0.177. The average Bonchev–Trinajstić information content (AvgIpc) is 2.84. The van der Waals surface area contributed by atoms with Gasteiger partial charge in [-0.3, -0.25) is 9.48 Å². The van der Waals surface area contributed by atoms with Crippen molar-refractivity contribution in [3.63, 3.8) is 0 Å². The largest absolute Gasteiger partial charge is 0.335 e. The maximum absolute atomic E-state index is 12.7. The molecule has 0 N–H and O–H groups in total. The van der Waals surface area contributed by atoms with Gasteiger partial charge in [-0.15, -0.1) is 0 Å². The Labute approximate surface area is 114 Å². The highest BCUT2D eigenvalue weighted by atomic mass is 16.2. The van der Waals surface area contributed by atoms with E-state index in [-0.39, 0.29) is 5.91 Å². The van der Waals surface area contributed by atoms with Gasteiger partial charge in [0.25, 0.3) is 5.91 Å². The summed E-state index contributed by atoms with van der Waals surface area (Å²) < 4.78 is 1.71. The number of piperidine rings is 1. The van der Waals surface area contributed by atoms with Gasteiger partial charge in [-0.05, 0) is 37.5 Å². The highest BCUT2D eigenvalue weighted by Crippen LogP contribution is 2.39. The molecule has 2 heterocycles. The number of carbonyl (C=O) groups is 1. The molecule has 1 amide bonds. The summed E-state index contributed by atoms with van der Waals surface area (Å²) in [6, 6.07) is 0.454. The third kappa shape index (κ3) is 2.28. The summed E-state index contributed by atoms with van der Waals surface area (Å²) in [5.41, 5.74) is 0.737. The molecule has 1 aromatic heterocycles. The topological polar surface area (TPSA) is 38.1 Å². The van der Waals surface area contributed by atoms with Crippen molar-refractivity contribution in [2.24, 2.45) is 18.9 Å². The molecule has 3 rings (SSSR count). The fourth-order valence-corrected chi connectivity index (χ4v) is 3.99. The van der Waals surface area contributed by atoms with E-state index in [9.17, 15) is 4.79 Å². The average molecular weight is 261 g/mol. The van der Waals surface area contributed by atoms with Crippen LogP contribution in [-0.4, -0.2) is 33.2 Å². The molecule has 0 radical (unpaired) electrons. The fourth-order valence-electron chi connectivity index (χ4n) is 3.99. The molecule has 104 valence electrons. The van der Waals surface area contributed by atoms with E-state index in [4.69, 9.17) is 0 Å². The van der Waals surface area contributed by atoms with Crippen LogP contribution in [0.3, 0.4) is 0 Å². The van der Waals surface area contributed by atoms with Crippen molar-refractivity contribution >= 4 is 5.91 Å². The number of fused-ring (bicyclic) bond motifs is 1. The van der Waals surface area contributed by atoms with Crippen molar-refractivity contribution in [1.82, 2.24) is 14.7 Å². The second kappa shape index (κ2) is 4.99. The molecule has 1 saturated carbocycles. The summed E-state index contributed by atoms with van der Waals surface area (Å²) >= 11 is 0. The monoisotopic (exact) mass is 261 g/mol. The van der Waals surface area contributed by atoms with Gasteiger partial charge in [0.2, 0.25) is 0 Å². The summed E-state index contributed by atoms with van der Waals surface area (Å²) in [7, 11) is 1.86. The highest BCUT2D eigenvalue weighted by molar-refractivity contribution is 5.94. The molecule has 3 atom stereocenters. The summed E-state index contributed by atoms with van der Waals surface area (Å²) in [5, 5.41) is 4.12. The van der Waals surface area contributed by atoms with E-state index in [0.29, 0.717) is 12.0 Å². The molecule has 4 nitrogen and oxygen atoms in total. The Morgan fingerprint density at radius 2 is 2.11 bits per heavy atom. The van der Waals surface area contributed by atoms with Gasteiger partial charge in [-0.25, -0.2) is 0 Å². The van der Waals surface area contributed by atoms with E-state index in [2.05, 4.69) is 16.9 Å². The van der Waals surface area contributed by atoms with Crippen LogP contribution in [0, 0.1) is 11.8 Å². The van der Waals surface area contributed by atoms with Crippen molar-refractivity contribution in [2.45, 2.75) is 45.1 Å². The molecule has 4 heteroatoms. The second-order valence-corrected chi connectivity index (χ2v) is 6.20. The van der Waals surface area contributed by atoms with Crippen LogP contribution < -0.4 is 0 Å². The zero-order valence-electron chi connectivity index (χ0n) is 11.9. The summed E-state index contributed by atoms with van der Waals surface area (Å²) in [6.45, 7) is 3.23. The number of carbonyl (C=O) groups excluding carboxylic acids is 1. The van der Waals surface area contributed by atoms with Crippen molar-refractivity contribution in [1.29, 1.82) is 0 Å². The van der Waals surface area contributed by atoms with E-state index in [1.807, 2.05) is 13.2 Å². The first kappa shape index (κ1) is 12.7. The molecule has 1 saturated heterocycles. The third-order valence-electron chi connectivity index (χ3n) is 4.85. The minimum Gasteiger partial charge on any atom is -0.335 e. The maximum Gasteiger partial charge on any atom is 0.257 e. The lowest BCUT2D eigenvalue weighted by Gasteiger charge is -2.47. The summed E-state index contributed by atoms with van der Waals surface area (Å²) in [6.07, 6.45) is 9.87. The van der Waals surface area contributed by atoms with Crippen molar-refractivity contribution in [3.05, 3.63) is 18.0 Å². The zero-order valence-corrected chi connectivity index (χ0v) is 11.9. The Morgan fingerprint density at radius 3 is 2.84 bits per heavy atom. The van der Waals surface area contributed by atoms with Gasteiger partial charge in [0.15, 0.2) is 0 Å². The number of nitrogens with zero attached hydrogens (tertiary/aromatic N) is 3. The Kier molecular flexibility index (Phi) is 3.33. The van der Waals surface area contributed by atoms with E-state index in [0.717, 1.165) is 24.4 Å². The van der Waals surface area contributed by atoms with Gasteiger partial charge < -0.3 is 4.90 Å². The molecule has 0 aromatic carbocycles. The Hall–Kier alpha value is -1.32. The number of aromatic nitrogens is 2. The molecule has 2 fully saturated rings. The standard InChI is InChI=1S/C15H23N3O/c1-11-5-3-6-12-7-4-8-18(14(11)12)15(19)13-9-16-17(2)10-13/h9-12,14H,3-8H2,1-2H3/t11-,12-,14-/m1/s1. The smallest absolute Gasteiger partial charge is 0.257 e. The number of hydrogen-bond donors (Lipinski definition) is 0. The van der Waals surface area contributed by atoms with Gasteiger partial charge in [-0.2, -0.15) is 5.10 Å². The van der Waals surface area contributed by atoms with Crippen LogP contribution in [0.1, 0.15) is 49.4 Å². The van der Waals surface area contributed by atoms with Crippen LogP contribution in [-0.2, 0) is 7.05 Å². The van der Waals surface area contributed by atoms with E-state index in [1.165, 1.54) is 25.7 Å². The van der Waals surface area contributed by atoms with E-state index >= 15 is 0 Å². The molecule has 2 aliphatic rings. The number of rotatable bonds is 1. The molecule has 1 aromatic rings. The molecule has 1 aliphatic carbocycles. The van der Waals surface area contributed by atoms with Gasteiger partial charge in [0, 0.05) is 25.8 Å². The molecular weight excluding hydrogens is 238 g/mol. The summed E-state index contributed by atoms with van der Waals surface area (Å²) in [5.74, 6) is 1.54. The first-order chi connectivity index (χ1) is 9.16. The number of aryl methyl sites for hydroxylation is 1. The van der Waals surface area contributed by atoms with Gasteiger partial charge >= 0.3 is 0 Å². The SMILES string of the molecule is C[C@@H]1CCC[C@@H]2CCCN(C(=O)c3cnn(C)c3)[C@@H]21. The first-order valence-corrected chi connectivity index (χ1v) is 7.46. The Morgan fingerprint density at radius 1 is 1.32 bits per heavy atom. The molecule has 19 heavy (non-hydrogen) atoms. The first-order valence-electron chi connectivity index (χ1n) is 7.46. The molecule has 1 aliphatic heterocycles. The zero-order chi connectivity index (χ0) is 13.4. The predicted octanol–water partition coefficient (Wildman–Crippen LogP) is 2.46.